The first kappa shape index (κ1) is 21.6. The third-order valence-electron chi connectivity index (χ3n) is 5.18. The highest BCUT2D eigenvalue weighted by Crippen LogP contribution is 2.35. The van der Waals surface area contributed by atoms with Gasteiger partial charge in [-0.05, 0) is 48.4 Å². The number of aryl methyl sites for hydroxylation is 1. The Kier molecular flexibility index (Phi) is 5.97. The van der Waals surface area contributed by atoms with E-state index in [9.17, 15) is 14.0 Å². The number of anilines is 1. The summed E-state index contributed by atoms with van der Waals surface area (Å²) >= 11 is 6.13. The average Bonchev–Trinajstić information content (AvgIpc) is 3.00. The SMILES string of the molecule is COc1ccc(Cl)cc1NC1=C(c2ccc(F)cc2)C(=O)N(Cc2ccc(C)cc2)C1=O. The van der Waals surface area contributed by atoms with Crippen molar-refractivity contribution in [2.45, 2.75) is 13.5 Å². The van der Waals surface area contributed by atoms with Gasteiger partial charge < -0.3 is 10.1 Å². The Bertz CT molecular complexity index is 1220. The van der Waals surface area contributed by atoms with Crippen LogP contribution < -0.4 is 10.1 Å². The van der Waals surface area contributed by atoms with Gasteiger partial charge in [-0.1, -0.05) is 53.6 Å². The number of nitrogens with one attached hydrogen (secondary N) is 1. The number of methoxy groups -OCH3 is 1. The van der Waals surface area contributed by atoms with Crippen molar-refractivity contribution in [1.29, 1.82) is 0 Å². The van der Waals surface area contributed by atoms with Crippen molar-refractivity contribution in [1.82, 2.24) is 4.90 Å². The van der Waals surface area contributed by atoms with Crippen molar-refractivity contribution in [2.24, 2.45) is 0 Å². The fourth-order valence-electron chi connectivity index (χ4n) is 3.51. The molecule has 1 N–H and O–H groups in total. The number of carbonyl (C=O) groups excluding carboxylic acids is 2. The molecule has 0 aromatic heterocycles. The number of carbonyl (C=O) groups is 2. The molecule has 0 unspecified atom stereocenters. The minimum absolute atomic E-state index is 0.0780. The molecule has 162 valence electrons. The molecule has 5 nitrogen and oxygen atoms in total. The lowest BCUT2D eigenvalue weighted by atomic mass is 10.0. The topological polar surface area (TPSA) is 58.6 Å². The average molecular weight is 451 g/mol. The van der Waals surface area contributed by atoms with Crippen molar-refractivity contribution in [3.8, 4) is 5.75 Å². The smallest absolute Gasteiger partial charge is 0.278 e. The number of ether oxygens (including phenoxy) is 1. The molecule has 0 saturated carbocycles. The monoisotopic (exact) mass is 450 g/mol. The summed E-state index contributed by atoms with van der Waals surface area (Å²) in [5, 5.41) is 3.47. The summed E-state index contributed by atoms with van der Waals surface area (Å²) < 4.78 is 18.9. The second-order valence-electron chi connectivity index (χ2n) is 7.41. The van der Waals surface area contributed by atoms with E-state index in [0.29, 0.717) is 22.0 Å². The first-order valence-corrected chi connectivity index (χ1v) is 10.3. The summed E-state index contributed by atoms with van der Waals surface area (Å²) in [4.78, 5) is 27.9. The highest BCUT2D eigenvalue weighted by atomic mass is 35.5. The van der Waals surface area contributed by atoms with Gasteiger partial charge in [-0.2, -0.15) is 0 Å². The number of halogens is 2. The number of hydrogen-bond acceptors (Lipinski definition) is 4. The Morgan fingerprint density at radius 3 is 2.31 bits per heavy atom. The first-order chi connectivity index (χ1) is 15.4. The van der Waals surface area contributed by atoms with E-state index < -0.39 is 17.6 Å². The van der Waals surface area contributed by atoms with E-state index in [1.807, 2.05) is 31.2 Å². The number of imide groups is 1. The normalized spacial score (nSPS) is 13.7. The van der Waals surface area contributed by atoms with Crippen LogP contribution in [0, 0.1) is 12.7 Å². The second-order valence-corrected chi connectivity index (χ2v) is 7.84. The number of rotatable bonds is 6. The molecular weight excluding hydrogens is 431 g/mol. The summed E-state index contributed by atoms with van der Waals surface area (Å²) in [6.45, 7) is 2.07. The third kappa shape index (κ3) is 4.22. The van der Waals surface area contributed by atoms with Crippen LogP contribution in [0.15, 0.2) is 72.4 Å². The highest BCUT2D eigenvalue weighted by Gasteiger charge is 2.39. The Labute approximate surface area is 190 Å². The van der Waals surface area contributed by atoms with Gasteiger partial charge in [0.1, 0.15) is 17.3 Å². The van der Waals surface area contributed by atoms with E-state index in [-0.39, 0.29) is 17.8 Å². The largest absolute Gasteiger partial charge is 0.495 e. The maximum atomic E-state index is 13.5. The van der Waals surface area contributed by atoms with Crippen molar-refractivity contribution in [3.05, 3.63) is 100.0 Å². The lowest BCUT2D eigenvalue weighted by Crippen LogP contribution is -2.32. The molecule has 0 bridgehead atoms. The molecule has 0 fully saturated rings. The second kappa shape index (κ2) is 8.85. The van der Waals surface area contributed by atoms with E-state index in [2.05, 4.69) is 5.32 Å². The standard InChI is InChI=1S/C25H20ClFN2O3/c1-15-3-5-16(6-4-15)14-29-24(30)22(17-7-10-19(27)11-8-17)23(25(29)31)28-20-13-18(26)9-12-21(20)32-2/h3-13,28H,14H2,1-2H3. The van der Waals surface area contributed by atoms with Crippen LogP contribution in [0.3, 0.4) is 0 Å². The Morgan fingerprint density at radius 2 is 1.66 bits per heavy atom. The van der Waals surface area contributed by atoms with Crippen LogP contribution in [-0.2, 0) is 16.1 Å². The van der Waals surface area contributed by atoms with Crippen LogP contribution in [-0.4, -0.2) is 23.8 Å². The highest BCUT2D eigenvalue weighted by molar-refractivity contribution is 6.36. The van der Waals surface area contributed by atoms with E-state index in [1.165, 1.54) is 36.3 Å². The maximum Gasteiger partial charge on any atom is 0.278 e. The van der Waals surface area contributed by atoms with Crippen LogP contribution in [0.5, 0.6) is 5.75 Å². The molecule has 0 saturated heterocycles. The summed E-state index contributed by atoms with van der Waals surface area (Å²) in [6.07, 6.45) is 0. The summed E-state index contributed by atoms with van der Waals surface area (Å²) in [6, 6.07) is 18.0. The van der Waals surface area contributed by atoms with Crippen LogP contribution in [0.2, 0.25) is 5.02 Å². The molecule has 3 aromatic rings. The molecule has 1 heterocycles. The van der Waals surface area contributed by atoms with Crippen molar-refractivity contribution >= 4 is 34.7 Å². The van der Waals surface area contributed by atoms with Crippen molar-refractivity contribution in [3.63, 3.8) is 0 Å². The minimum Gasteiger partial charge on any atom is -0.495 e. The van der Waals surface area contributed by atoms with Crippen molar-refractivity contribution < 1.29 is 18.7 Å². The minimum atomic E-state index is -0.489. The number of benzene rings is 3. The molecule has 4 rings (SSSR count). The molecule has 1 aliphatic heterocycles. The van der Waals surface area contributed by atoms with Crippen LogP contribution in [0.1, 0.15) is 16.7 Å². The molecule has 2 amide bonds. The molecule has 7 heteroatoms. The predicted octanol–water partition coefficient (Wildman–Crippen LogP) is 5.19. The Hall–Kier alpha value is -3.64. The van der Waals surface area contributed by atoms with Gasteiger partial charge in [0.15, 0.2) is 0 Å². The molecule has 32 heavy (non-hydrogen) atoms. The zero-order valence-electron chi connectivity index (χ0n) is 17.5. The Balaban J connectivity index is 1.77. The zero-order valence-corrected chi connectivity index (χ0v) is 18.2. The molecule has 0 spiro atoms. The van der Waals surface area contributed by atoms with Gasteiger partial charge in [-0.15, -0.1) is 0 Å². The fourth-order valence-corrected chi connectivity index (χ4v) is 3.68. The van der Waals surface area contributed by atoms with Gasteiger partial charge >= 0.3 is 0 Å². The van der Waals surface area contributed by atoms with Gasteiger partial charge in [0.25, 0.3) is 11.8 Å². The maximum absolute atomic E-state index is 13.5. The lowest BCUT2D eigenvalue weighted by Gasteiger charge is -2.16. The molecular formula is C25H20ClFN2O3. The molecule has 0 atom stereocenters. The summed E-state index contributed by atoms with van der Waals surface area (Å²) in [5.74, 6) is -0.936. The van der Waals surface area contributed by atoms with Crippen LogP contribution in [0.25, 0.3) is 5.57 Å². The Morgan fingerprint density at radius 1 is 0.969 bits per heavy atom. The third-order valence-corrected chi connectivity index (χ3v) is 5.42. The fraction of sp³-hybridized carbons (Fsp3) is 0.120. The molecule has 1 aliphatic rings. The number of hydrogen-bond donors (Lipinski definition) is 1. The molecule has 0 radical (unpaired) electrons. The van der Waals surface area contributed by atoms with E-state index in [1.54, 1.807) is 18.2 Å². The van der Waals surface area contributed by atoms with Gasteiger partial charge in [0.2, 0.25) is 0 Å². The van der Waals surface area contributed by atoms with Gasteiger partial charge in [0, 0.05) is 5.02 Å². The summed E-state index contributed by atoms with van der Waals surface area (Å²) in [5.41, 5.74) is 3.00. The van der Waals surface area contributed by atoms with E-state index in [4.69, 9.17) is 16.3 Å². The molecule has 3 aromatic carbocycles. The zero-order chi connectivity index (χ0) is 22.8. The summed E-state index contributed by atoms with van der Waals surface area (Å²) in [7, 11) is 1.50. The number of nitrogens with zero attached hydrogens (tertiary/aromatic N) is 1. The predicted molar refractivity (Wildman–Crippen MR) is 122 cm³/mol. The number of amides is 2. The van der Waals surface area contributed by atoms with Gasteiger partial charge in [-0.25, -0.2) is 4.39 Å². The quantitative estimate of drug-likeness (QED) is 0.525. The van der Waals surface area contributed by atoms with Crippen LogP contribution >= 0.6 is 11.6 Å². The first-order valence-electron chi connectivity index (χ1n) is 9.90. The van der Waals surface area contributed by atoms with Crippen molar-refractivity contribution in [2.75, 3.05) is 12.4 Å². The van der Waals surface area contributed by atoms with Crippen LogP contribution in [0.4, 0.5) is 10.1 Å². The van der Waals surface area contributed by atoms with E-state index in [0.717, 1.165) is 11.1 Å². The van der Waals surface area contributed by atoms with E-state index >= 15 is 0 Å². The van der Waals surface area contributed by atoms with Gasteiger partial charge in [-0.3, -0.25) is 14.5 Å². The lowest BCUT2D eigenvalue weighted by molar-refractivity contribution is -0.137. The molecule has 0 aliphatic carbocycles. The van der Waals surface area contributed by atoms with Gasteiger partial charge in [0.05, 0.1) is 24.9 Å².